The fourth-order valence-electron chi connectivity index (χ4n) is 1.28. The second-order valence-electron chi connectivity index (χ2n) is 4.05. The average molecular weight is 269 g/mol. The number of carbonyl (C=O) groups excluding carboxylic acids is 2. The van der Waals surface area contributed by atoms with Crippen molar-refractivity contribution in [2.75, 3.05) is 6.54 Å². The van der Waals surface area contributed by atoms with E-state index in [9.17, 15) is 9.59 Å². The highest BCUT2D eigenvalue weighted by Crippen LogP contribution is 2.17. The highest BCUT2D eigenvalue weighted by atomic mass is 16.1. The van der Waals surface area contributed by atoms with Crippen LogP contribution in [-0.4, -0.2) is 18.2 Å². The predicted octanol–water partition coefficient (Wildman–Crippen LogP) is 4.05. The first-order valence-corrected chi connectivity index (χ1v) is 7.22. The quantitative estimate of drug-likeness (QED) is 0.837. The van der Waals surface area contributed by atoms with Crippen molar-refractivity contribution < 1.29 is 11.0 Å². The molecule has 0 aromatic rings. The van der Waals surface area contributed by atoms with Crippen molar-refractivity contribution in [1.29, 1.82) is 0 Å². The highest BCUT2D eigenvalue weighted by Gasteiger charge is 2.10. The van der Waals surface area contributed by atoms with E-state index in [4.69, 9.17) is 0 Å². The number of amides is 1. The van der Waals surface area contributed by atoms with Gasteiger partial charge in [0.25, 0.3) is 0 Å². The lowest BCUT2D eigenvalue weighted by Gasteiger charge is -2.01. The minimum Gasteiger partial charge on any atom is -0.352 e. The first kappa shape index (κ1) is 19.9. The second kappa shape index (κ2) is 13.1. The van der Waals surface area contributed by atoms with Crippen molar-refractivity contribution in [3.8, 4) is 0 Å². The molecule has 0 aromatic carbocycles. The number of nitrogens with one attached hydrogen (secondary N) is 1. The Balaban J connectivity index is -0.000000426. The van der Waals surface area contributed by atoms with Gasteiger partial charge in [-0.05, 0) is 24.5 Å². The fraction of sp³-hybridized carbons (Fsp3) is 0.625. The van der Waals surface area contributed by atoms with Crippen LogP contribution in [-0.2, 0) is 9.59 Å². The summed E-state index contributed by atoms with van der Waals surface area (Å²) in [7, 11) is 0. The van der Waals surface area contributed by atoms with E-state index in [0.717, 1.165) is 11.1 Å². The van der Waals surface area contributed by atoms with Crippen LogP contribution >= 0.6 is 0 Å². The van der Waals surface area contributed by atoms with Gasteiger partial charge in [0.1, 0.15) is 0 Å². The molecule has 1 aliphatic carbocycles. The van der Waals surface area contributed by atoms with Crippen LogP contribution in [0.4, 0.5) is 0 Å². The van der Waals surface area contributed by atoms with Gasteiger partial charge in [-0.2, -0.15) is 0 Å². The molecule has 0 bridgehead atoms. The van der Waals surface area contributed by atoms with Gasteiger partial charge in [0.05, 0.1) is 0 Å². The van der Waals surface area contributed by atoms with E-state index in [0.29, 0.717) is 19.4 Å². The smallest absolute Gasteiger partial charge is 0.219 e. The summed E-state index contributed by atoms with van der Waals surface area (Å²) in [6.45, 7) is 12.2. The molecule has 0 spiro atoms. The maximum atomic E-state index is 11.0. The Bertz CT molecular complexity index is 333. The molecule has 1 aliphatic rings. The zero-order valence-electron chi connectivity index (χ0n) is 13.3. The molecular formula is C16H31NO2. The summed E-state index contributed by atoms with van der Waals surface area (Å²) in [6.07, 6.45) is 6.29. The van der Waals surface area contributed by atoms with Crippen LogP contribution in [0.5, 0.6) is 0 Å². The van der Waals surface area contributed by atoms with Crippen molar-refractivity contribution in [2.45, 2.75) is 60.8 Å². The lowest BCUT2D eigenvalue weighted by Crippen LogP contribution is -2.23. The summed E-state index contributed by atoms with van der Waals surface area (Å²) < 4.78 is 0. The average Bonchev–Trinajstić information content (AvgIpc) is 2.88. The topological polar surface area (TPSA) is 46.2 Å². The maximum absolute atomic E-state index is 11.0. The Kier molecular flexibility index (Phi) is 13.7. The third kappa shape index (κ3) is 10.2. The Labute approximate surface area is 119 Å². The van der Waals surface area contributed by atoms with Gasteiger partial charge in [-0.1, -0.05) is 53.2 Å². The Morgan fingerprint density at radius 3 is 2.16 bits per heavy atom. The lowest BCUT2D eigenvalue weighted by molar-refractivity contribution is -0.120. The number of rotatable bonds is 4. The summed E-state index contributed by atoms with van der Waals surface area (Å²) in [6, 6.07) is 0. The Hall–Kier alpha value is -1.38. The maximum Gasteiger partial charge on any atom is 0.219 e. The molecule has 0 unspecified atom stereocenters. The second-order valence-corrected chi connectivity index (χ2v) is 4.05. The van der Waals surface area contributed by atoms with Gasteiger partial charge >= 0.3 is 0 Å². The molecule has 0 saturated carbocycles. The van der Waals surface area contributed by atoms with Crippen LogP contribution < -0.4 is 5.32 Å². The molecular weight excluding hydrogens is 238 g/mol. The fourth-order valence-corrected chi connectivity index (χ4v) is 1.28. The molecule has 3 nitrogen and oxygen atoms in total. The number of hydrogen-bond acceptors (Lipinski definition) is 2. The minimum absolute atomic E-state index is 0. The molecule has 0 saturated heterocycles. The summed E-state index contributed by atoms with van der Waals surface area (Å²) in [5.74, 6) is 0.147. The van der Waals surface area contributed by atoms with Gasteiger partial charge in [-0.15, -0.1) is 0 Å². The van der Waals surface area contributed by atoms with E-state index in [2.05, 4.69) is 19.2 Å². The van der Waals surface area contributed by atoms with Crippen LogP contribution in [0.2, 0.25) is 0 Å². The highest BCUT2D eigenvalue weighted by molar-refractivity contribution is 5.94. The standard InChI is InChI=1S/C11H15NO2.C3H8.C2H6.H2/c1-3-11(14)12-7-9-4-5-10(6-9)8(2)13;1-3-2;1-2;/h4,6H,3,5,7H2,1-2H3,(H,12,14);3H2,1-2H3;1-2H3;1H. The van der Waals surface area contributed by atoms with Crippen molar-refractivity contribution in [1.82, 2.24) is 5.32 Å². The lowest BCUT2D eigenvalue weighted by atomic mass is 10.2. The first-order chi connectivity index (χ1) is 9.04. The summed E-state index contributed by atoms with van der Waals surface area (Å²) in [5.41, 5.74) is 1.85. The van der Waals surface area contributed by atoms with Crippen LogP contribution in [0, 0.1) is 0 Å². The van der Waals surface area contributed by atoms with Gasteiger partial charge in [0.2, 0.25) is 5.91 Å². The van der Waals surface area contributed by atoms with Crippen molar-refractivity contribution in [3.05, 3.63) is 23.3 Å². The van der Waals surface area contributed by atoms with Crippen LogP contribution in [0.3, 0.4) is 0 Å². The van der Waals surface area contributed by atoms with E-state index >= 15 is 0 Å². The predicted molar refractivity (Wildman–Crippen MR) is 84.2 cm³/mol. The van der Waals surface area contributed by atoms with Gasteiger partial charge in [0, 0.05) is 14.4 Å². The Morgan fingerprint density at radius 2 is 1.79 bits per heavy atom. The molecule has 0 heterocycles. The van der Waals surface area contributed by atoms with Crippen LogP contribution in [0.15, 0.2) is 23.3 Å². The van der Waals surface area contributed by atoms with E-state index in [1.807, 2.05) is 32.9 Å². The monoisotopic (exact) mass is 269 g/mol. The van der Waals surface area contributed by atoms with Crippen molar-refractivity contribution >= 4 is 11.7 Å². The summed E-state index contributed by atoms with van der Waals surface area (Å²) in [4.78, 5) is 22.0. The zero-order valence-corrected chi connectivity index (χ0v) is 13.3. The number of hydrogen-bond donors (Lipinski definition) is 1. The molecule has 1 rings (SSSR count). The molecule has 1 N–H and O–H groups in total. The van der Waals surface area contributed by atoms with Crippen molar-refractivity contribution in [3.63, 3.8) is 0 Å². The van der Waals surface area contributed by atoms with Crippen LogP contribution in [0.25, 0.3) is 0 Å². The largest absolute Gasteiger partial charge is 0.352 e. The van der Waals surface area contributed by atoms with E-state index in [1.54, 1.807) is 6.92 Å². The summed E-state index contributed by atoms with van der Waals surface area (Å²) in [5, 5.41) is 2.77. The minimum atomic E-state index is 0. The normalized spacial score (nSPS) is 12.1. The molecule has 19 heavy (non-hydrogen) atoms. The number of ketones is 1. The first-order valence-electron chi connectivity index (χ1n) is 7.22. The molecule has 0 aliphatic heterocycles. The third-order valence-electron chi connectivity index (χ3n) is 2.21. The number of Topliss-reactive ketones (excluding diaryl/α,β-unsaturated/α-hetero) is 1. The Morgan fingerprint density at radius 1 is 1.26 bits per heavy atom. The number of carbonyl (C=O) groups is 2. The molecule has 3 heteroatoms. The molecule has 0 atom stereocenters. The summed E-state index contributed by atoms with van der Waals surface area (Å²) >= 11 is 0. The van der Waals surface area contributed by atoms with Crippen LogP contribution in [0.1, 0.15) is 62.2 Å². The van der Waals surface area contributed by atoms with E-state index in [1.165, 1.54) is 6.42 Å². The zero-order chi connectivity index (χ0) is 15.3. The molecule has 0 radical (unpaired) electrons. The molecule has 0 fully saturated rings. The van der Waals surface area contributed by atoms with Gasteiger partial charge in [-0.25, -0.2) is 0 Å². The van der Waals surface area contributed by atoms with Crippen molar-refractivity contribution in [2.24, 2.45) is 0 Å². The van der Waals surface area contributed by atoms with E-state index < -0.39 is 0 Å². The van der Waals surface area contributed by atoms with E-state index in [-0.39, 0.29) is 13.1 Å². The third-order valence-corrected chi connectivity index (χ3v) is 2.21. The van der Waals surface area contributed by atoms with Gasteiger partial charge in [-0.3, -0.25) is 9.59 Å². The van der Waals surface area contributed by atoms with Gasteiger partial charge in [0.15, 0.2) is 5.78 Å². The molecule has 0 aromatic heterocycles. The number of allylic oxidation sites excluding steroid dienone is 2. The molecule has 112 valence electrons. The SMILES string of the molecule is CC.CCC.CCC(=O)NCC1=CCC(C(C)=O)=C1.[HH]. The van der Waals surface area contributed by atoms with Gasteiger partial charge < -0.3 is 5.32 Å². The molecule has 1 amide bonds.